The van der Waals surface area contributed by atoms with Gasteiger partial charge in [0.05, 0.1) is 16.8 Å². The van der Waals surface area contributed by atoms with E-state index in [0.717, 1.165) is 23.0 Å². The number of non-ortho nitro benzene ring substituents is 1. The molecule has 0 spiro atoms. The van der Waals surface area contributed by atoms with E-state index in [-0.39, 0.29) is 5.69 Å². The predicted molar refractivity (Wildman–Crippen MR) is 106 cm³/mol. The van der Waals surface area contributed by atoms with Crippen molar-refractivity contribution in [1.29, 1.82) is 0 Å². The maximum Gasteiger partial charge on any atom is 0.269 e. The van der Waals surface area contributed by atoms with Crippen molar-refractivity contribution in [3.8, 4) is 0 Å². The molecule has 0 radical (unpaired) electrons. The molecule has 6 nitrogen and oxygen atoms in total. The third-order valence-corrected chi connectivity index (χ3v) is 4.37. The highest BCUT2D eigenvalue weighted by Crippen LogP contribution is 2.29. The number of aromatic nitrogens is 1. The Hall–Kier alpha value is -2.86. The highest BCUT2D eigenvalue weighted by Gasteiger charge is 2.14. The first kappa shape index (κ1) is 17.9. The summed E-state index contributed by atoms with van der Waals surface area (Å²) in [6.07, 6.45) is 1.68. The molecule has 0 saturated heterocycles. The van der Waals surface area contributed by atoms with Crippen molar-refractivity contribution in [2.24, 2.45) is 11.0 Å². The molecule has 1 aromatic heterocycles. The van der Waals surface area contributed by atoms with Crippen LogP contribution in [-0.2, 0) is 6.54 Å². The van der Waals surface area contributed by atoms with Crippen molar-refractivity contribution in [2.75, 3.05) is 5.43 Å². The van der Waals surface area contributed by atoms with Crippen LogP contribution in [0.5, 0.6) is 0 Å². The van der Waals surface area contributed by atoms with Gasteiger partial charge in [0.15, 0.2) is 0 Å². The zero-order valence-corrected chi connectivity index (χ0v) is 15.3. The van der Waals surface area contributed by atoms with Crippen LogP contribution in [0, 0.1) is 16.0 Å². The molecule has 1 N–H and O–H groups in total. The van der Waals surface area contributed by atoms with E-state index in [2.05, 4.69) is 28.9 Å². The molecule has 134 valence electrons. The number of anilines is 1. The summed E-state index contributed by atoms with van der Waals surface area (Å²) < 4.78 is 2.09. The van der Waals surface area contributed by atoms with E-state index in [4.69, 9.17) is 11.6 Å². The van der Waals surface area contributed by atoms with Crippen LogP contribution in [0.2, 0.25) is 5.15 Å². The maximum atomic E-state index is 10.7. The summed E-state index contributed by atoms with van der Waals surface area (Å²) in [5.41, 5.74) is 5.50. The fraction of sp³-hybridized carbons (Fsp3) is 0.211. The number of fused-ring (bicyclic) bond motifs is 1. The lowest BCUT2D eigenvalue weighted by Crippen LogP contribution is -2.04. The summed E-state index contributed by atoms with van der Waals surface area (Å²) in [6.45, 7) is 5.12. The van der Waals surface area contributed by atoms with Crippen LogP contribution in [0.4, 0.5) is 11.4 Å². The van der Waals surface area contributed by atoms with E-state index < -0.39 is 4.92 Å². The molecule has 3 aromatic rings. The number of hydrogen-bond donors (Lipinski definition) is 1. The van der Waals surface area contributed by atoms with Crippen LogP contribution in [0.25, 0.3) is 10.9 Å². The second-order valence-corrected chi connectivity index (χ2v) is 6.76. The minimum Gasteiger partial charge on any atom is -0.331 e. The zero-order valence-electron chi connectivity index (χ0n) is 14.5. The van der Waals surface area contributed by atoms with Crippen LogP contribution in [0.1, 0.15) is 19.4 Å². The summed E-state index contributed by atoms with van der Waals surface area (Å²) in [6, 6.07) is 14.1. The lowest BCUT2D eigenvalue weighted by molar-refractivity contribution is -0.384. The Labute approximate surface area is 156 Å². The number of nitrogens with one attached hydrogen (secondary N) is 1. The average Bonchev–Trinajstić information content (AvgIpc) is 2.87. The minimum absolute atomic E-state index is 0.0410. The van der Waals surface area contributed by atoms with Gasteiger partial charge in [0.2, 0.25) is 0 Å². The fourth-order valence-corrected chi connectivity index (χ4v) is 3.11. The Morgan fingerprint density at radius 1 is 1.23 bits per heavy atom. The number of nitro benzene ring substituents is 1. The maximum absolute atomic E-state index is 10.7. The van der Waals surface area contributed by atoms with Gasteiger partial charge in [-0.15, -0.1) is 0 Å². The molecule has 26 heavy (non-hydrogen) atoms. The molecule has 3 rings (SSSR count). The molecule has 0 amide bonds. The first-order valence-electron chi connectivity index (χ1n) is 8.27. The number of para-hydroxylation sites is 1. The Kier molecular flexibility index (Phi) is 5.23. The molecule has 1 heterocycles. The summed E-state index contributed by atoms with van der Waals surface area (Å²) >= 11 is 6.60. The molecule has 0 bridgehead atoms. The summed E-state index contributed by atoms with van der Waals surface area (Å²) in [5.74, 6) is 0.464. The number of hydrazone groups is 1. The van der Waals surface area contributed by atoms with Crippen molar-refractivity contribution in [1.82, 2.24) is 4.57 Å². The third-order valence-electron chi connectivity index (χ3n) is 3.96. The van der Waals surface area contributed by atoms with Crippen molar-refractivity contribution in [3.63, 3.8) is 0 Å². The number of nitrogens with zero attached hydrogens (tertiary/aromatic N) is 3. The SMILES string of the molecule is CC(C)Cn1c(Cl)c(/C=N\Nc2ccc([N+](=O)[O-])cc2)c2ccccc21. The summed E-state index contributed by atoms with van der Waals surface area (Å²) in [5, 5.41) is 16.6. The molecule has 0 atom stereocenters. The second kappa shape index (κ2) is 7.58. The first-order valence-corrected chi connectivity index (χ1v) is 8.65. The lowest BCUT2D eigenvalue weighted by atomic mass is 10.2. The quantitative estimate of drug-likeness (QED) is 0.363. The molecule has 0 aliphatic carbocycles. The molecule has 7 heteroatoms. The molecular weight excluding hydrogens is 352 g/mol. The Bertz CT molecular complexity index is 962. The molecule has 0 aliphatic rings. The zero-order chi connectivity index (χ0) is 18.7. The van der Waals surface area contributed by atoms with Gasteiger partial charge in [-0.25, -0.2) is 0 Å². The number of halogens is 1. The van der Waals surface area contributed by atoms with Gasteiger partial charge < -0.3 is 4.57 Å². The van der Waals surface area contributed by atoms with Crippen molar-refractivity contribution >= 4 is 40.1 Å². The van der Waals surface area contributed by atoms with Gasteiger partial charge in [-0.05, 0) is 24.1 Å². The number of benzene rings is 2. The van der Waals surface area contributed by atoms with Crippen LogP contribution in [-0.4, -0.2) is 15.7 Å². The Morgan fingerprint density at radius 3 is 2.58 bits per heavy atom. The normalized spacial score (nSPS) is 11.5. The Balaban J connectivity index is 1.87. The summed E-state index contributed by atoms with van der Waals surface area (Å²) in [4.78, 5) is 10.3. The Morgan fingerprint density at radius 2 is 1.92 bits per heavy atom. The number of nitro groups is 1. The summed E-state index contributed by atoms with van der Waals surface area (Å²) in [7, 11) is 0. The smallest absolute Gasteiger partial charge is 0.269 e. The monoisotopic (exact) mass is 370 g/mol. The average molecular weight is 371 g/mol. The van der Waals surface area contributed by atoms with Crippen LogP contribution in [0.3, 0.4) is 0 Å². The van der Waals surface area contributed by atoms with Crippen LogP contribution >= 0.6 is 11.6 Å². The van der Waals surface area contributed by atoms with E-state index in [0.29, 0.717) is 16.8 Å². The van der Waals surface area contributed by atoms with E-state index in [1.807, 2.05) is 24.3 Å². The van der Waals surface area contributed by atoms with Gasteiger partial charge >= 0.3 is 0 Å². The van der Waals surface area contributed by atoms with E-state index >= 15 is 0 Å². The first-order chi connectivity index (χ1) is 12.5. The van der Waals surface area contributed by atoms with Gasteiger partial charge in [0.1, 0.15) is 5.15 Å². The molecular formula is C19H19ClN4O2. The standard InChI is InChI=1S/C19H19ClN4O2/c1-13(2)12-23-18-6-4-3-5-16(18)17(19(23)20)11-21-22-14-7-9-15(10-8-14)24(25)26/h3-11,13,22H,12H2,1-2H3/b21-11-. The second-order valence-electron chi connectivity index (χ2n) is 6.40. The highest BCUT2D eigenvalue weighted by molar-refractivity contribution is 6.34. The largest absolute Gasteiger partial charge is 0.331 e. The molecule has 0 fully saturated rings. The van der Waals surface area contributed by atoms with Gasteiger partial charge in [0.25, 0.3) is 5.69 Å². The van der Waals surface area contributed by atoms with Gasteiger partial charge in [0, 0.05) is 35.1 Å². The number of rotatable bonds is 6. The van der Waals surface area contributed by atoms with E-state index in [1.54, 1.807) is 18.3 Å². The molecule has 2 aromatic carbocycles. The highest BCUT2D eigenvalue weighted by atomic mass is 35.5. The minimum atomic E-state index is -0.434. The van der Waals surface area contributed by atoms with Crippen molar-refractivity contribution in [2.45, 2.75) is 20.4 Å². The molecule has 0 saturated carbocycles. The van der Waals surface area contributed by atoms with E-state index in [1.165, 1.54) is 12.1 Å². The van der Waals surface area contributed by atoms with Crippen molar-refractivity contribution < 1.29 is 4.92 Å². The molecule has 0 unspecified atom stereocenters. The topological polar surface area (TPSA) is 72.5 Å². The van der Waals surface area contributed by atoms with Gasteiger partial charge in [-0.1, -0.05) is 43.6 Å². The van der Waals surface area contributed by atoms with Gasteiger partial charge in [-0.3, -0.25) is 15.5 Å². The number of hydrogen-bond acceptors (Lipinski definition) is 4. The van der Waals surface area contributed by atoms with Crippen LogP contribution in [0.15, 0.2) is 53.6 Å². The fourth-order valence-electron chi connectivity index (χ4n) is 2.79. The predicted octanol–water partition coefficient (Wildman–Crippen LogP) is 5.30. The molecule has 0 aliphatic heterocycles. The van der Waals surface area contributed by atoms with Gasteiger partial charge in [-0.2, -0.15) is 5.10 Å². The van der Waals surface area contributed by atoms with E-state index in [9.17, 15) is 10.1 Å². The van der Waals surface area contributed by atoms with Crippen LogP contribution < -0.4 is 5.43 Å². The third kappa shape index (κ3) is 3.70. The lowest BCUT2D eigenvalue weighted by Gasteiger charge is -2.09. The van der Waals surface area contributed by atoms with Crippen molar-refractivity contribution in [3.05, 3.63) is 69.4 Å².